The molecule has 1 aliphatic rings. The largest absolute Gasteiger partial charge is 0.428 e. The molecule has 0 aromatic heterocycles. The van der Waals surface area contributed by atoms with Crippen molar-refractivity contribution in [3.05, 3.63) is 83.9 Å². The summed E-state index contributed by atoms with van der Waals surface area (Å²) in [4.78, 5) is 23.8. The monoisotopic (exact) mass is 310 g/mol. The topological polar surface area (TPSA) is 61.8 Å². The van der Waals surface area contributed by atoms with Crippen molar-refractivity contribution in [1.82, 2.24) is 0 Å². The minimum Gasteiger partial charge on any atom is -0.428 e. The molecule has 0 radical (unpaired) electrons. The van der Waals surface area contributed by atoms with Crippen molar-refractivity contribution >= 4 is 11.9 Å². The third-order valence-corrected chi connectivity index (χ3v) is 3.16. The Kier molecular flexibility index (Phi) is 4.49. The second-order valence-electron chi connectivity index (χ2n) is 4.80. The molecule has 1 heterocycles. The first-order valence-corrected chi connectivity index (χ1v) is 7.08. The highest BCUT2D eigenvalue weighted by atomic mass is 16.8. The molecule has 0 saturated carbocycles. The highest BCUT2D eigenvalue weighted by Gasteiger charge is 2.26. The van der Waals surface area contributed by atoms with Gasteiger partial charge in [0.1, 0.15) is 0 Å². The molecule has 2 unspecified atom stereocenters. The van der Waals surface area contributed by atoms with Gasteiger partial charge in [0.25, 0.3) is 0 Å². The summed E-state index contributed by atoms with van der Waals surface area (Å²) in [5.74, 6) is -1.01. The molecule has 0 fully saturated rings. The van der Waals surface area contributed by atoms with E-state index in [2.05, 4.69) is 0 Å². The number of benzene rings is 2. The fraction of sp³-hybridized carbons (Fsp3) is 0.111. The van der Waals surface area contributed by atoms with Crippen LogP contribution in [0, 0.1) is 0 Å². The van der Waals surface area contributed by atoms with Crippen molar-refractivity contribution < 1.29 is 23.8 Å². The fourth-order valence-electron chi connectivity index (χ4n) is 2.03. The third kappa shape index (κ3) is 3.84. The van der Waals surface area contributed by atoms with E-state index in [1.54, 1.807) is 48.5 Å². The summed E-state index contributed by atoms with van der Waals surface area (Å²) in [6, 6.07) is 17.2. The quantitative estimate of drug-likeness (QED) is 0.642. The first-order valence-electron chi connectivity index (χ1n) is 7.08. The highest BCUT2D eigenvalue weighted by molar-refractivity contribution is 5.90. The number of hydrogen-bond donors (Lipinski definition) is 0. The molecule has 116 valence electrons. The molecule has 0 aliphatic carbocycles. The van der Waals surface area contributed by atoms with Gasteiger partial charge in [0.15, 0.2) is 0 Å². The second-order valence-corrected chi connectivity index (χ2v) is 4.80. The highest BCUT2D eigenvalue weighted by Crippen LogP contribution is 2.17. The summed E-state index contributed by atoms with van der Waals surface area (Å²) >= 11 is 0. The van der Waals surface area contributed by atoms with Gasteiger partial charge >= 0.3 is 11.9 Å². The van der Waals surface area contributed by atoms with E-state index in [1.165, 1.54) is 12.2 Å². The van der Waals surface area contributed by atoms with E-state index in [-0.39, 0.29) is 0 Å². The van der Waals surface area contributed by atoms with Crippen LogP contribution in [0.25, 0.3) is 0 Å². The molecule has 0 spiro atoms. The predicted molar refractivity (Wildman–Crippen MR) is 81.5 cm³/mol. The standard InChI is InChI=1S/C18H14O5/c19-17(13-7-3-1-4-8-13)22-15-11-12-16(21-15)23-18(20)14-9-5-2-6-10-14/h1-12,15-16H. The first kappa shape index (κ1) is 15.0. The molecule has 1 aliphatic heterocycles. The lowest BCUT2D eigenvalue weighted by molar-refractivity contribution is -0.153. The number of carbonyl (C=O) groups is 2. The summed E-state index contributed by atoms with van der Waals surface area (Å²) < 4.78 is 15.7. The number of esters is 2. The van der Waals surface area contributed by atoms with Crippen molar-refractivity contribution in [2.45, 2.75) is 12.6 Å². The molecule has 0 amide bonds. The van der Waals surface area contributed by atoms with Gasteiger partial charge in [-0.2, -0.15) is 0 Å². The lowest BCUT2D eigenvalue weighted by atomic mass is 10.2. The maximum Gasteiger partial charge on any atom is 0.340 e. The molecular weight excluding hydrogens is 296 g/mol. The van der Waals surface area contributed by atoms with Crippen LogP contribution >= 0.6 is 0 Å². The predicted octanol–water partition coefficient (Wildman–Crippen LogP) is 2.94. The number of hydrogen-bond acceptors (Lipinski definition) is 5. The van der Waals surface area contributed by atoms with Gasteiger partial charge in [0.2, 0.25) is 12.6 Å². The van der Waals surface area contributed by atoms with Gasteiger partial charge in [-0.1, -0.05) is 36.4 Å². The Morgan fingerprint density at radius 3 is 1.48 bits per heavy atom. The minimum atomic E-state index is -0.878. The van der Waals surface area contributed by atoms with Gasteiger partial charge in [-0.25, -0.2) is 9.59 Å². The van der Waals surface area contributed by atoms with Crippen molar-refractivity contribution in [1.29, 1.82) is 0 Å². The first-order chi connectivity index (χ1) is 11.2. The van der Waals surface area contributed by atoms with Gasteiger partial charge in [-0.05, 0) is 36.4 Å². The average Bonchev–Trinajstić information content (AvgIpc) is 3.03. The van der Waals surface area contributed by atoms with Crippen LogP contribution in [0.4, 0.5) is 0 Å². The van der Waals surface area contributed by atoms with Crippen molar-refractivity contribution in [2.24, 2.45) is 0 Å². The number of ether oxygens (including phenoxy) is 3. The number of carbonyl (C=O) groups excluding carboxylic acids is 2. The molecular formula is C18H14O5. The van der Waals surface area contributed by atoms with E-state index in [0.29, 0.717) is 11.1 Å². The summed E-state index contributed by atoms with van der Waals surface area (Å²) in [5, 5.41) is 0. The number of rotatable bonds is 4. The molecule has 3 rings (SSSR count). The summed E-state index contributed by atoms with van der Waals surface area (Å²) in [6.07, 6.45) is 1.31. The molecule has 2 aromatic rings. The van der Waals surface area contributed by atoms with Gasteiger partial charge in [-0.3, -0.25) is 4.74 Å². The van der Waals surface area contributed by atoms with E-state index in [4.69, 9.17) is 14.2 Å². The Labute approximate surface area is 133 Å². The van der Waals surface area contributed by atoms with E-state index in [9.17, 15) is 9.59 Å². The van der Waals surface area contributed by atoms with Crippen molar-refractivity contribution in [2.75, 3.05) is 0 Å². The summed E-state index contributed by atoms with van der Waals surface area (Å²) in [6.45, 7) is 0. The van der Waals surface area contributed by atoms with Gasteiger partial charge in [0, 0.05) is 0 Å². The minimum absolute atomic E-state index is 0.425. The van der Waals surface area contributed by atoms with Crippen LogP contribution in [0.5, 0.6) is 0 Å². The van der Waals surface area contributed by atoms with Crippen LogP contribution in [0.15, 0.2) is 72.8 Å². The van der Waals surface area contributed by atoms with Crippen LogP contribution in [0.3, 0.4) is 0 Å². The van der Waals surface area contributed by atoms with Crippen molar-refractivity contribution in [3.8, 4) is 0 Å². The summed E-state index contributed by atoms with van der Waals surface area (Å²) in [7, 11) is 0. The summed E-state index contributed by atoms with van der Waals surface area (Å²) in [5.41, 5.74) is 0.850. The van der Waals surface area contributed by atoms with E-state index in [1.807, 2.05) is 12.1 Å². The lowest BCUT2D eigenvalue weighted by Gasteiger charge is -2.15. The lowest BCUT2D eigenvalue weighted by Crippen LogP contribution is -2.23. The molecule has 0 N–H and O–H groups in total. The molecule has 23 heavy (non-hydrogen) atoms. The smallest absolute Gasteiger partial charge is 0.340 e. The van der Waals surface area contributed by atoms with Crippen LogP contribution in [0.1, 0.15) is 20.7 Å². The van der Waals surface area contributed by atoms with Gasteiger partial charge < -0.3 is 9.47 Å². The van der Waals surface area contributed by atoms with Crippen LogP contribution in [0.2, 0.25) is 0 Å². The zero-order valence-corrected chi connectivity index (χ0v) is 12.1. The zero-order valence-electron chi connectivity index (χ0n) is 12.1. The van der Waals surface area contributed by atoms with Crippen LogP contribution in [-0.4, -0.2) is 24.5 Å². The van der Waals surface area contributed by atoms with E-state index < -0.39 is 24.5 Å². The Morgan fingerprint density at radius 2 is 1.09 bits per heavy atom. The molecule has 2 aromatic carbocycles. The second kappa shape index (κ2) is 6.89. The maximum absolute atomic E-state index is 11.9. The Bertz CT molecular complexity index is 647. The normalized spacial score (nSPS) is 19.3. The Morgan fingerprint density at radius 1 is 0.696 bits per heavy atom. The maximum atomic E-state index is 11.9. The van der Waals surface area contributed by atoms with Gasteiger partial charge in [-0.15, -0.1) is 0 Å². The third-order valence-electron chi connectivity index (χ3n) is 3.16. The van der Waals surface area contributed by atoms with E-state index >= 15 is 0 Å². The SMILES string of the molecule is O=C(OC1C=CC(OC(=O)c2ccccc2)O1)c1ccccc1. The van der Waals surface area contributed by atoms with Crippen LogP contribution < -0.4 is 0 Å². The molecule has 0 bridgehead atoms. The Hall–Kier alpha value is -2.92. The molecule has 0 saturated heterocycles. The molecule has 5 heteroatoms. The van der Waals surface area contributed by atoms with Crippen molar-refractivity contribution in [3.63, 3.8) is 0 Å². The van der Waals surface area contributed by atoms with Gasteiger partial charge in [0.05, 0.1) is 11.1 Å². The average molecular weight is 310 g/mol. The Balaban J connectivity index is 1.52. The molecule has 5 nitrogen and oxygen atoms in total. The van der Waals surface area contributed by atoms with E-state index in [0.717, 1.165) is 0 Å². The molecule has 2 atom stereocenters. The zero-order chi connectivity index (χ0) is 16.1. The van der Waals surface area contributed by atoms with Crippen LogP contribution in [-0.2, 0) is 14.2 Å². The fourth-order valence-corrected chi connectivity index (χ4v) is 2.03.